The molecule has 3 nitrogen and oxygen atoms in total. The molecule has 1 aliphatic rings. The molecular weight excluding hydrogens is 330 g/mol. The minimum absolute atomic E-state index is 0.0186. The van der Waals surface area contributed by atoms with Crippen molar-refractivity contribution >= 4 is 17.7 Å². The van der Waals surface area contributed by atoms with E-state index in [0.29, 0.717) is 6.42 Å². The van der Waals surface area contributed by atoms with Crippen LogP contribution in [0.25, 0.3) is 0 Å². The third kappa shape index (κ3) is 4.86. The first-order valence-corrected chi connectivity index (χ1v) is 9.67. The van der Waals surface area contributed by atoms with Crippen molar-refractivity contribution in [3.8, 4) is 0 Å². The molecule has 1 aliphatic carbocycles. The molecule has 2 atom stereocenters. The Hall–Kier alpha value is -1.78. The van der Waals surface area contributed by atoms with Gasteiger partial charge in [0.25, 0.3) is 0 Å². The summed E-state index contributed by atoms with van der Waals surface area (Å²) in [5.74, 6) is 0.0186. The Morgan fingerprint density at radius 2 is 1.80 bits per heavy atom. The summed E-state index contributed by atoms with van der Waals surface area (Å²) < 4.78 is 0. The maximum absolute atomic E-state index is 12.6. The Kier molecular flexibility index (Phi) is 5.82. The first-order valence-electron chi connectivity index (χ1n) is 8.79. The fraction of sp³-hybridized carbons (Fsp3) is 0.381. The Labute approximate surface area is 154 Å². The van der Waals surface area contributed by atoms with E-state index in [1.165, 1.54) is 17.7 Å². The second-order valence-corrected chi connectivity index (χ2v) is 8.11. The molecule has 132 valence electrons. The highest BCUT2D eigenvalue weighted by Gasteiger charge is 2.24. The van der Waals surface area contributed by atoms with Crippen molar-refractivity contribution in [3.63, 3.8) is 0 Å². The number of aliphatic hydroxyl groups is 1. The van der Waals surface area contributed by atoms with Gasteiger partial charge in [0.15, 0.2) is 0 Å². The van der Waals surface area contributed by atoms with E-state index >= 15 is 0 Å². The molecule has 0 heterocycles. The molecular formula is C21H25NO2S. The number of rotatable bonds is 7. The number of carbonyl (C=O) groups is 1. The lowest BCUT2D eigenvalue weighted by molar-refractivity contribution is -0.133. The van der Waals surface area contributed by atoms with Gasteiger partial charge in [0.1, 0.15) is 0 Å². The Morgan fingerprint density at radius 1 is 1.16 bits per heavy atom. The molecule has 25 heavy (non-hydrogen) atoms. The third-order valence-electron chi connectivity index (χ3n) is 4.71. The Bertz CT molecular complexity index is 698. The van der Waals surface area contributed by atoms with Crippen LogP contribution in [0.5, 0.6) is 0 Å². The quantitative estimate of drug-likeness (QED) is 0.814. The van der Waals surface area contributed by atoms with Crippen LogP contribution in [0.3, 0.4) is 0 Å². The lowest BCUT2D eigenvalue weighted by Gasteiger charge is -2.29. The number of benzene rings is 2. The number of likely N-dealkylation sites (N-methyl/N-ethyl adjacent to an activating group) is 1. The van der Waals surface area contributed by atoms with Crippen molar-refractivity contribution in [1.29, 1.82) is 0 Å². The van der Waals surface area contributed by atoms with Gasteiger partial charge in [-0.25, -0.2) is 0 Å². The molecule has 0 saturated heterocycles. The standard InChI is InChI=1S/C21H25NO2S/c1-15(21(24)17-6-4-3-5-7-17)22(2)20(23)14-16-8-10-18(11-9-16)25-19-12-13-19/h3-11,15,19,21,24H,12-14H2,1-2H3/t15-,21-/m1/s1. The SMILES string of the molecule is C[C@H]([C@@H](O)c1ccccc1)N(C)C(=O)Cc1ccc(SC2CC2)cc1. The molecule has 1 saturated carbocycles. The Balaban J connectivity index is 1.57. The Morgan fingerprint density at radius 3 is 2.40 bits per heavy atom. The third-order valence-corrected chi connectivity index (χ3v) is 6.06. The van der Waals surface area contributed by atoms with E-state index < -0.39 is 6.10 Å². The number of nitrogens with zero attached hydrogens (tertiary/aromatic N) is 1. The average Bonchev–Trinajstić information content (AvgIpc) is 3.46. The van der Waals surface area contributed by atoms with E-state index in [9.17, 15) is 9.90 Å². The molecule has 1 amide bonds. The number of aliphatic hydroxyl groups excluding tert-OH is 1. The normalized spacial score (nSPS) is 16.3. The number of hydrogen-bond donors (Lipinski definition) is 1. The van der Waals surface area contributed by atoms with Crippen LogP contribution < -0.4 is 0 Å². The summed E-state index contributed by atoms with van der Waals surface area (Å²) in [5, 5.41) is 11.3. The lowest BCUT2D eigenvalue weighted by Crippen LogP contribution is -2.39. The first kappa shape index (κ1) is 18.0. The van der Waals surface area contributed by atoms with Gasteiger partial charge >= 0.3 is 0 Å². The second kappa shape index (κ2) is 8.07. The zero-order valence-corrected chi connectivity index (χ0v) is 15.6. The summed E-state index contributed by atoms with van der Waals surface area (Å²) in [7, 11) is 1.76. The topological polar surface area (TPSA) is 40.5 Å². The van der Waals surface area contributed by atoms with Crippen molar-refractivity contribution in [2.24, 2.45) is 0 Å². The van der Waals surface area contributed by atoms with Gasteiger partial charge in [-0.05, 0) is 43.0 Å². The lowest BCUT2D eigenvalue weighted by atomic mass is 10.0. The highest BCUT2D eigenvalue weighted by molar-refractivity contribution is 8.00. The van der Waals surface area contributed by atoms with Crippen molar-refractivity contribution < 1.29 is 9.90 Å². The van der Waals surface area contributed by atoms with Gasteiger partial charge in [-0.15, -0.1) is 11.8 Å². The highest BCUT2D eigenvalue weighted by atomic mass is 32.2. The van der Waals surface area contributed by atoms with Crippen LogP contribution in [0.4, 0.5) is 0 Å². The fourth-order valence-corrected chi connectivity index (χ4v) is 3.78. The second-order valence-electron chi connectivity index (χ2n) is 6.74. The molecule has 2 aromatic carbocycles. The number of hydrogen-bond acceptors (Lipinski definition) is 3. The molecule has 4 heteroatoms. The van der Waals surface area contributed by atoms with Gasteiger partial charge in [0, 0.05) is 17.2 Å². The molecule has 0 aliphatic heterocycles. The largest absolute Gasteiger partial charge is 0.386 e. The minimum Gasteiger partial charge on any atom is -0.386 e. The summed E-state index contributed by atoms with van der Waals surface area (Å²) in [6.07, 6.45) is 2.30. The molecule has 1 N–H and O–H groups in total. The zero-order valence-electron chi connectivity index (χ0n) is 14.8. The van der Waals surface area contributed by atoms with Gasteiger partial charge in [-0.2, -0.15) is 0 Å². The van der Waals surface area contributed by atoms with E-state index in [4.69, 9.17) is 0 Å². The molecule has 0 unspecified atom stereocenters. The van der Waals surface area contributed by atoms with E-state index in [2.05, 4.69) is 12.1 Å². The highest BCUT2D eigenvalue weighted by Crippen LogP contribution is 2.39. The van der Waals surface area contributed by atoms with Gasteiger partial charge in [-0.1, -0.05) is 42.5 Å². The van der Waals surface area contributed by atoms with Crippen molar-refractivity contribution in [2.75, 3.05) is 7.05 Å². The summed E-state index contributed by atoms with van der Waals surface area (Å²) in [4.78, 5) is 15.5. The van der Waals surface area contributed by atoms with Crippen LogP contribution in [0.2, 0.25) is 0 Å². The molecule has 0 bridgehead atoms. The average molecular weight is 356 g/mol. The molecule has 3 rings (SSSR count). The van der Waals surface area contributed by atoms with Crippen LogP contribution in [0, 0.1) is 0 Å². The zero-order chi connectivity index (χ0) is 17.8. The summed E-state index contributed by atoms with van der Waals surface area (Å²) >= 11 is 1.92. The summed E-state index contributed by atoms with van der Waals surface area (Å²) in [6.45, 7) is 1.88. The fourth-order valence-electron chi connectivity index (χ4n) is 2.73. The van der Waals surface area contributed by atoms with Crippen LogP contribution in [-0.4, -0.2) is 34.3 Å². The van der Waals surface area contributed by atoms with Crippen LogP contribution in [-0.2, 0) is 11.2 Å². The van der Waals surface area contributed by atoms with E-state index in [-0.39, 0.29) is 11.9 Å². The number of amides is 1. The van der Waals surface area contributed by atoms with Crippen molar-refractivity contribution in [3.05, 3.63) is 65.7 Å². The predicted molar refractivity (Wildman–Crippen MR) is 103 cm³/mol. The maximum atomic E-state index is 12.6. The molecule has 0 spiro atoms. The number of carbonyl (C=O) groups excluding carboxylic acids is 1. The van der Waals surface area contributed by atoms with Gasteiger partial charge in [0.05, 0.1) is 18.6 Å². The smallest absolute Gasteiger partial charge is 0.227 e. The van der Waals surface area contributed by atoms with E-state index in [1.807, 2.05) is 61.2 Å². The van der Waals surface area contributed by atoms with Gasteiger partial charge < -0.3 is 10.0 Å². The first-order chi connectivity index (χ1) is 12.0. The summed E-state index contributed by atoms with van der Waals surface area (Å²) in [5.41, 5.74) is 1.84. The van der Waals surface area contributed by atoms with Gasteiger partial charge in [0.2, 0.25) is 5.91 Å². The molecule has 0 aromatic heterocycles. The van der Waals surface area contributed by atoms with Crippen LogP contribution >= 0.6 is 11.8 Å². The predicted octanol–water partition coefficient (Wildman–Crippen LogP) is 4.06. The van der Waals surface area contributed by atoms with Crippen molar-refractivity contribution in [2.45, 2.75) is 48.5 Å². The number of thioether (sulfide) groups is 1. The van der Waals surface area contributed by atoms with Crippen molar-refractivity contribution in [1.82, 2.24) is 4.90 Å². The molecule has 0 radical (unpaired) electrons. The molecule has 1 fully saturated rings. The maximum Gasteiger partial charge on any atom is 0.227 e. The van der Waals surface area contributed by atoms with Crippen LogP contribution in [0.1, 0.15) is 37.0 Å². The monoisotopic (exact) mass is 355 g/mol. The van der Waals surface area contributed by atoms with Gasteiger partial charge in [-0.3, -0.25) is 4.79 Å². The molecule has 2 aromatic rings. The van der Waals surface area contributed by atoms with E-state index in [1.54, 1.807) is 11.9 Å². The minimum atomic E-state index is -0.688. The van der Waals surface area contributed by atoms with E-state index in [0.717, 1.165) is 16.4 Å². The van der Waals surface area contributed by atoms with Crippen LogP contribution in [0.15, 0.2) is 59.5 Å². The summed E-state index contributed by atoms with van der Waals surface area (Å²) in [6, 6.07) is 17.5.